The minimum absolute atomic E-state index is 0.0831. The van der Waals surface area contributed by atoms with Gasteiger partial charge in [0.25, 0.3) is 0 Å². The number of aromatic amines is 1. The number of urea groups is 1. The van der Waals surface area contributed by atoms with E-state index >= 15 is 0 Å². The molecule has 35 heavy (non-hydrogen) atoms. The van der Waals surface area contributed by atoms with Crippen LogP contribution in [0.2, 0.25) is 0 Å². The van der Waals surface area contributed by atoms with Crippen LogP contribution in [0.15, 0.2) is 54.9 Å². The second kappa shape index (κ2) is 9.96. The molecule has 2 amide bonds. The molecule has 5 rings (SSSR count). The second-order valence-corrected chi connectivity index (χ2v) is 8.55. The number of fused-ring (bicyclic) bond motifs is 1. The number of nitrogens with one attached hydrogen (secondary N) is 4. The molecule has 0 spiro atoms. The van der Waals surface area contributed by atoms with Crippen molar-refractivity contribution in [3.8, 4) is 5.75 Å². The van der Waals surface area contributed by atoms with E-state index in [4.69, 9.17) is 7.85 Å². The number of benzene rings is 2. The average molecular weight is 467 g/mol. The second-order valence-electron chi connectivity index (χ2n) is 8.55. The van der Waals surface area contributed by atoms with Crippen molar-refractivity contribution in [2.24, 2.45) is 0 Å². The van der Waals surface area contributed by atoms with Gasteiger partial charge in [0.05, 0.1) is 0 Å². The zero-order valence-corrected chi connectivity index (χ0v) is 19.2. The highest BCUT2D eigenvalue weighted by molar-refractivity contribution is 6.35. The Morgan fingerprint density at radius 3 is 2.83 bits per heavy atom. The lowest BCUT2D eigenvalue weighted by Gasteiger charge is -2.16. The van der Waals surface area contributed by atoms with Gasteiger partial charge in [-0.05, 0) is 66.7 Å². The van der Waals surface area contributed by atoms with E-state index in [1.165, 1.54) is 0 Å². The van der Waals surface area contributed by atoms with E-state index < -0.39 is 0 Å². The Bertz CT molecular complexity index is 1350. The van der Waals surface area contributed by atoms with Gasteiger partial charge < -0.3 is 30.9 Å². The molecule has 2 aromatic carbocycles. The first-order valence-electron chi connectivity index (χ1n) is 11.6. The number of carbonyl (C=O) groups is 1. The van der Waals surface area contributed by atoms with Crippen molar-refractivity contribution < 1.29 is 9.90 Å². The molecule has 0 aliphatic carbocycles. The minimum Gasteiger partial charge on any atom is -0.508 e. The molecule has 0 unspecified atom stereocenters. The molecule has 1 aliphatic heterocycles. The number of anilines is 4. The van der Waals surface area contributed by atoms with E-state index in [1.807, 2.05) is 41.4 Å². The summed E-state index contributed by atoms with van der Waals surface area (Å²) < 4.78 is 0. The fourth-order valence-corrected chi connectivity index (χ4v) is 4.21. The molecule has 1 aliphatic rings. The first-order valence-corrected chi connectivity index (χ1v) is 11.6. The number of aromatic nitrogens is 3. The van der Waals surface area contributed by atoms with E-state index in [9.17, 15) is 9.90 Å². The van der Waals surface area contributed by atoms with Crippen LogP contribution in [0.4, 0.5) is 27.9 Å². The number of carbonyl (C=O) groups excluding carboxylic acids is 1. The van der Waals surface area contributed by atoms with Crippen LogP contribution in [0, 0.1) is 0 Å². The highest BCUT2D eigenvalue weighted by Crippen LogP contribution is 2.23. The first kappa shape index (κ1) is 22.6. The van der Waals surface area contributed by atoms with E-state index in [1.54, 1.807) is 18.3 Å². The summed E-state index contributed by atoms with van der Waals surface area (Å²) in [5.74, 6) is 1.16. The predicted molar refractivity (Wildman–Crippen MR) is 139 cm³/mol. The summed E-state index contributed by atoms with van der Waals surface area (Å²) >= 11 is 0. The number of likely N-dealkylation sites (tertiary alicyclic amines) is 1. The number of aromatic hydroxyl groups is 1. The summed E-state index contributed by atoms with van der Waals surface area (Å²) in [5.41, 5.74) is 3.95. The Balaban J connectivity index is 1.22. The van der Waals surface area contributed by atoms with Gasteiger partial charge in [-0.3, -0.25) is 0 Å². The molecule has 10 heteroatoms. The smallest absolute Gasteiger partial charge is 0.321 e. The maximum absolute atomic E-state index is 12.4. The first-order chi connectivity index (χ1) is 17.0. The van der Waals surface area contributed by atoms with Crippen molar-refractivity contribution in [1.82, 2.24) is 19.9 Å². The number of hydrogen-bond acceptors (Lipinski definition) is 6. The zero-order chi connectivity index (χ0) is 24.2. The molecular formula is C25H26BN7O2. The van der Waals surface area contributed by atoms with Gasteiger partial charge in [0.15, 0.2) is 0 Å². The normalized spacial score (nSPS) is 13.2. The standard InChI is InChI=1S/C25H26BN7O2/c26-21-15-29-24(30-17-4-3-5-18(12-17)31-25(35)33-10-1-2-11-33)32-23(21)27-9-8-16-14-28-22-7-6-19(34)13-20(16)22/h3-7,12-15,28,34H,1-2,8-11H2,(H,31,35)(H2,27,29,30,32). The third kappa shape index (κ3) is 5.32. The van der Waals surface area contributed by atoms with Crippen LogP contribution < -0.4 is 21.4 Å². The largest absolute Gasteiger partial charge is 0.508 e. The molecule has 9 nitrogen and oxygen atoms in total. The molecule has 176 valence electrons. The van der Waals surface area contributed by atoms with E-state index in [2.05, 4.69) is 30.9 Å². The molecule has 4 aromatic rings. The van der Waals surface area contributed by atoms with Crippen LogP contribution in [0.5, 0.6) is 5.75 Å². The molecule has 1 fully saturated rings. The van der Waals surface area contributed by atoms with Crippen molar-refractivity contribution in [1.29, 1.82) is 0 Å². The third-order valence-corrected chi connectivity index (χ3v) is 6.02. The highest BCUT2D eigenvalue weighted by atomic mass is 16.3. The summed E-state index contributed by atoms with van der Waals surface area (Å²) in [6.45, 7) is 2.19. The van der Waals surface area contributed by atoms with Crippen LogP contribution in [-0.4, -0.2) is 58.5 Å². The molecule has 2 aromatic heterocycles. The van der Waals surface area contributed by atoms with Crippen molar-refractivity contribution in [3.05, 3.63) is 60.4 Å². The Hall–Kier alpha value is -4.21. The zero-order valence-electron chi connectivity index (χ0n) is 19.2. The number of phenolic OH excluding ortho intramolecular Hbond substituents is 1. The van der Waals surface area contributed by atoms with Crippen LogP contribution in [0.1, 0.15) is 18.4 Å². The summed E-state index contributed by atoms with van der Waals surface area (Å²) in [4.78, 5) is 26.2. The molecular weight excluding hydrogens is 441 g/mol. The SMILES string of the molecule is [B]c1cnc(Nc2cccc(NC(=O)N3CCCC3)c2)nc1NCCc1c[nH]c2ccc(O)cc12. The monoisotopic (exact) mass is 467 g/mol. The van der Waals surface area contributed by atoms with Crippen molar-refractivity contribution in [2.75, 3.05) is 35.6 Å². The van der Waals surface area contributed by atoms with Gasteiger partial charge in [0, 0.05) is 54.3 Å². The van der Waals surface area contributed by atoms with Gasteiger partial charge in [-0.1, -0.05) is 6.07 Å². The molecule has 3 heterocycles. The van der Waals surface area contributed by atoms with Gasteiger partial charge in [0.2, 0.25) is 5.95 Å². The topological polar surface area (TPSA) is 118 Å². The van der Waals surface area contributed by atoms with Gasteiger partial charge in [-0.2, -0.15) is 4.98 Å². The van der Waals surface area contributed by atoms with Crippen LogP contribution in [0.25, 0.3) is 10.9 Å². The third-order valence-electron chi connectivity index (χ3n) is 6.02. The van der Waals surface area contributed by atoms with Crippen LogP contribution in [-0.2, 0) is 6.42 Å². The lowest BCUT2D eigenvalue weighted by atomic mass is 9.99. The van der Waals surface area contributed by atoms with Crippen LogP contribution >= 0.6 is 0 Å². The van der Waals surface area contributed by atoms with Gasteiger partial charge in [0.1, 0.15) is 19.4 Å². The Morgan fingerprint density at radius 2 is 1.97 bits per heavy atom. The van der Waals surface area contributed by atoms with Crippen LogP contribution in [0.3, 0.4) is 0 Å². The molecule has 0 atom stereocenters. The lowest BCUT2D eigenvalue weighted by molar-refractivity contribution is 0.222. The highest BCUT2D eigenvalue weighted by Gasteiger charge is 2.17. The number of rotatable bonds is 7. The quantitative estimate of drug-likeness (QED) is 0.266. The lowest BCUT2D eigenvalue weighted by Crippen LogP contribution is -2.32. The maximum Gasteiger partial charge on any atom is 0.321 e. The predicted octanol–water partition coefficient (Wildman–Crippen LogP) is 3.48. The van der Waals surface area contributed by atoms with Crippen molar-refractivity contribution in [2.45, 2.75) is 19.3 Å². The number of phenols is 1. The minimum atomic E-state index is -0.0831. The van der Waals surface area contributed by atoms with Gasteiger partial charge >= 0.3 is 6.03 Å². The molecule has 0 saturated carbocycles. The van der Waals surface area contributed by atoms with Crippen molar-refractivity contribution in [3.63, 3.8) is 0 Å². The summed E-state index contributed by atoms with van der Waals surface area (Å²) in [6, 6.07) is 12.6. The van der Waals surface area contributed by atoms with E-state index in [0.717, 1.165) is 48.1 Å². The van der Waals surface area contributed by atoms with Gasteiger partial charge in [-0.15, -0.1) is 0 Å². The fraction of sp³-hybridized carbons (Fsp3) is 0.240. The number of hydrogen-bond donors (Lipinski definition) is 5. The van der Waals surface area contributed by atoms with E-state index in [0.29, 0.717) is 35.9 Å². The summed E-state index contributed by atoms with van der Waals surface area (Å²) in [5, 5.41) is 20.2. The number of amides is 2. The van der Waals surface area contributed by atoms with E-state index in [-0.39, 0.29) is 11.8 Å². The maximum atomic E-state index is 12.4. The average Bonchev–Trinajstić information content (AvgIpc) is 3.52. The molecule has 1 saturated heterocycles. The number of nitrogens with zero attached hydrogens (tertiary/aromatic N) is 3. The molecule has 5 N–H and O–H groups in total. The van der Waals surface area contributed by atoms with Crippen molar-refractivity contribution >= 4 is 53.4 Å². The molecule has 0 bridgehead atoms. The summed E-state index contributed by atoms with van der Waals surface area (Å²) in [7, 11) is 6.08. The van der Waals surface area contributed by atoms with Gasteiger partial charge in [-0.25, -0.2) is 9.78 Å². The number of H-pyrrole nitrogens is 1. The Kier molecular flexibility index (Phi) is 6.43. The summed E-state index contributed by atoms with van der Waals surface area (Å²) in [6.07, 6.45) is 6.31. The Morgan fingerprint density at radius 1 is 1.14 bits per heavy atom. The fourth-order valence-electron chi connectivity index (χ4n) is 4.21. The molecule has 2 radical (unpaired) electrons. The Labute approximate surface area is 204 Å².